The average molecular weight is 356 g/mol. The molecule has 5 nitrogen and oxygen atoms in total. The van der Waals surface area contributed by atoms with Crippen molar-refractivity contribution >= 4 is 33.3 Å². The lowest BCUT2D eigenvalue weighted by molar-refractivity contribution is 0.373. The van der Waals surface area contributed by atoms with Crippen LogP contribution in [0.2, 0.25) is 0 Å². The van der Waals surface area contributed by atoms with E-state index in [-0.39, 0.29) is 29.4 Å². The lowest BCUT2D eigenvalue weighted by Gasteiger charge is -2.26. The van der Waals surface area contributed by atoms with Gasteiger partial charge in [0.2, 0.25) is 10.0 Å². The molecule has 1 aliphatic carbocycles. The first-order valence-corrected chi connectivity index (χ1v) is 9.07. The Bertz CT molecular complexity index is 787. The zero-order valence-corrected chi connectivity index (χ0v) is 14.7. The Kier molecular flexibility index (Phi) is 5.62. The van der Waals surface area contributed by atoms with Crippen molar-refractivity contribution in [3.05, 3.63) is 36.0 Å². The summed E-state index contributed by atoms with van der Waals surface area (Å²) in [6.07, 6.45) is 5.00. The number of aryl methyl sites for hydroxylation is 1. The summed E-state index contributed by atoms with van der Waals surface area (Å²) in [5, 5.41) is 0.841. The highest BCUT2D eigenvalue weighted by Crippen LogP contribution is 2.24. The molecule has 0 atom stereocenters. The van der Waals surface area contributed by atoms with Gasteiger partial charge >= 0.3 is 0 Å². The molecule has 23 heavy (non-hydrogen) atoms. The number of fused-ring (bicyclic) bond motifs is 1. The largest absolute Gasteiger partial charge is 0.328 e. The molecule has 1 fully saturated rings. The maximum atomic E-state index is 12.7. The molecular weight excluding hydrogens is 334 g/mol. The summed E-state index contributed by atoms with van der Waals surface area (Å²) in [4.78, 5) is 4.56. The number of nitrogens with one attached hydrogen (secondary N) is 1. The number of rotatable bonds is 3. The zero-order valence-electron chi connectivity index (χ0n) is 13.0. The summed E-state index contributed by atoms with van der Waals surface area (Å²) in [5.74, 6) is 0. The van der Waals surface area contributed by atoms with Gasteiger partial charge < -0.3 is 5.73 Å². The molecule has 3 N–H and O–H groups in total. The summed E-state index contributed by atoms with van der Waals surface area (Å²) in [6.45, 7) is 1.94. The Morgan fingerprint density at radius 2 is 1.91 bits per heavy atom. The first-order chi connectivity index (χ1) is 10.5. The van der Waals surface area contributed by atoms with Crippen molar-refractivity contribution in [3.8, 4) is 0 Å². The number of nitrogens with zero attached hydrogens (tertiary/aromatic N) is 1. The molecule has 1 heterocycles. The molecule has 1 saturated carbocycles. The monoisotopic (exact) mass is 355 g/mol. The van der Waals surface area contributed by atoms with Gasteiger partial charge in [0.15, 0.2) is 0 Å². The Hall–Kier alpha value is -1.21. The minimum Gasteiger partial charge on any atom is -0.328 e. The molecule has 7 heteroatoms. The van der Waals surface area contributed by atoms with Gasteiger partial charge in [-0.25, -0.2) is 13.1 Å². The maximum Gasteiger partial charge on any atom is 0.242 e. The van der Waals surface area contributed by atoms with E-state index in [2.05, 4.69) is 9.71 Å². The quantitative estimate of drug-likeness (QED) is 0.885. The number of sulfonamides is 1. The second kappa shape index (κ2) is 7.13. The number of para-hydroxylation sites is 1. The predicted molar refractivity (Wildman–Crippen MR) is 94.3 cm³/mol. The van der Waals surface area contributed by atoms with Crippen molar-refractivity contribution in [1.82, 2.24) is 9.71 Å². The van der Waals surface area contributed by atoms with E-state index in [0.29, 0.717) is 5.52 Å². The van der Waals surface area contributed by atoms with Crippen molar-refractivity contribution in [2.45, 2.75) is 49.6 Å². The Morgan fingerprint density at radius 1 is 1.22 bits per heavy atom. The van der Waals surface area contributed by atoms with E-state index >= 15 is 0 Å². The highest BCUT2D eigenvalue weighted by Gasteiger charge is 2.25. The number of aromatic nitrogens is 1. The topological polar surface area (TPSA) is 85.1 Å². The highest BCUT2D eigenvalue weighted by molar-refractivity contribution is 7.89. The van der Waals surface area contributed by atoms with E-state index in [1.54, 1.807) is 18.3 Å². The van der Waals surface area contributed by atoms with Crippen molar-refractivity contribution in [1.29, 1.82) is 0 Å². The summed E-state index contributed by atoms with van der Waals surface area (Å²) in [6, 6.07) is 7.36. The fraction of sp³-hybridized carbons (Fsp3) is 0.438. The first-order valence-electron chi connectivity index (χ1n) is 7.59. The third-order valence-corrected chi connectivity index (χ3v) is 5.75. The van der Waals surface area contributed by atoms with E-state index in [1.807, 2.05) is 19.1 Å². The van der Waals surface area contributed by atoms with E-state index < -0.39 is 10.0 Å². The van der Waals surface area contributed by atoms with Crippen LogP contribution in [-0.2, 0) is 10.0 Å². The molecule has 0 bridgehead atoms. The van der Waals surface area contributed by atoms with Gasteiger partial charge in [-0.15, -0.1) is 12.4 Å². The van der Waals surface area contributed by atoms with Crippen LogP contribution in [0.5, 0.6) is 0 Å². The molecule has 1 aromatic heterocycles. The number of pyridine rings is 1. The first kappa shape index (κ1) is 18.1. The Morgan fingerprint density at radius 3 is 2.61 bits per heavy atom. The van der Waals surface area contributed by atoms with Gasteiger partial charge in [-0.05, 0) is 50.3 Å². The van der Waals surface area contributed by atoms with Gasteiger partial charge in [0.05, 0.1) is 5.52 Å². The lowest BCUT2D eigenvalue weighted by atomic mass is 9.93. The molecule has 1 aliphatic rings. The van der Waals surface area contributed by atoms with E-state index in [0.717, 1.165) is 36.6 Å². The Labute approximate surface area is 143 Å². The van der Waals surface area contributed by atoms with E-state index in [9.17, 15) is 8.42 Å². The van der Waals surface area contributed by atoms with Crippen LogP contribution in [0.3, 0.4) is 0 Å². The SMILES string of the molecule is Cc1cnc2c(S(=O)(=O)NC3CCC(N)CC3)cccc2c1.Cl. The van der Waals surface area contributed by atoms with Crippen molar-refractivity contribution in [2.24, 2.45) is 5.73 Å². The molecule has 0 saturated heterocycles. The minimum absolute atomic E-state index is 0. The summed E-state index contributed by atoms with van der Waals surface area (Å²) >= 11 is 0. The molecule has 0 unspecified atom stereocenters. The minimum atomic E-state index is -3.57. The predicted octanol–water partition coefficient (Wildman–Crippen LogP) is 2.51. The highest BCUT2D eigenvalue weighted by atomic mass is 35.5. The number of hydrogen-bond acceptors (Lipinski definition) is 4. The molecular formula is C16H22ClN3O2S. The number of hydrogen-bond donors (Lipinski definition) is 2. The van der Waals surface area contributed by atoms with Gasteiger partial charge in [0, 0.05) is 23.7 Å². The summed E-state index contributed by atoms with van der Waals surface area (Å²) < 4.78 is 28.2. The van der Waals surface area contributed by atoms with Crippen LogP contribution in [0.4, 0.5) is 0 Å². The zero-order chi connectivity index (χ0) is 15.7. The fourth-order valence-electron chi connectivity index (χ4n) is 2.98. The molecule has 0 spiro atoms. The third-order valence-electron chi connectivity index (χ3n) is 4.19. The van der Waals surface area contributed by atoms with Crippen LogP contribution in [0.1, 0.15) is 31.2 Å². The van der Waals surface area contributed by atoms with E-state index in [1.165, 1.54) is 0 Å². The second-order valence-corrected chi connectivity index (χ2v) is 7.76. The van der Waals surface area contributed by atoms with Crippen LogP contribution in [0.15, 0.2) is 35.4 Å². The number of nitrogens with two attached hydrogens (primary N) is 1. The summed E-state index contributed by atoms with van der Waals surface area (Å²) in [7, 11) is -3.57. The van der Waals surface area contributed by atoms with Crippen LogP contribution in [0.25, 0.3) is 10.9 Å². The van der Waals surface area contributed by atoms with Crippen molar-refractivity contribution < 1.29 is 8.42 Å². The van der Waals surface area contributed by atoms with E-state index in [4.69, 9.17) is 5.73 Å². The summed E-state index contributed by atoms with van der Waals surface area (Å²) in [5.41, 5.74) is 7.40. The molecule has 0 amide bonds. The van der Waals surface area contributed by atoms with Gasteiger partial charge in [0.1, 0.15) is 4.90 Å². The molecule has 3 rings (SSSR count). The standard InChI is InChI=1S/C16H21N3O2S.ClH/c1-11-9-12-3-2-4-15(16(12)18-10-11)22(20,21)19-14-7-5-13(17)6-8-14;/h2-4,9-10,13-14,19H,5-8,17H2,1H3;1H. The average Bonchev–Trinajstić information content (AvgIpc) is 2.48. The number of benzene rings is 1. The van der Waals surface area contributed by atoms with Crippen LogP contribution in [-0.4, -0.2) is 25.5 Å². The van der Waals surface area contributed by atoms with Gasteiger partial charge in [-0.2, -0.15) is 0 Å². The number of halogens is 1. The van der Waals surface area contributed by atoms with Crippen molar-refractivity contribution in [3.63, 3.8) is 0 Å². The molecule has 2 aromatic rings. The van der Waals surface area contributed by atoms with Gasteiger partial charge in [-0.3, -0.25) is 4.98 Å². The fourth-order valence-corrected chi connectivity index (χ4v) is 4.46. The van der Waals surface area contributed by atoms with Crippen LogP contribution in [0, 0.1) is 6.92 Å². The molecule has 0 aliphatic heterocycles. The molecule has 1 aromatic carbocycles. The normalized spacial score (nSPS) is 21.8. The maximum absolute atomic E-state index is 12.7. The Balaban J connectivity index is 0.00000192. The lowest BCUT2D eigenvalue weighted by Crippen LogP contribution is -2.40. The molecule has 0 radical (unpaired) electrons. The van der Waals surface area contributed by atoms with Gasteiger partial charge in [-0.1, -0.05) is 12.1 Å². The van der Waals surface area contributed by atoms with Crippen LogP contribution < -0.4 is 10.5 Å². The van der Waals surface area contributed by atoms with Crippen LogP contribution >= 0.6 is 12.4 Å². The smallest absolute Gasteiger partial charge is 0.242 e. The van der Waals surface area contributed by atoms with Gasteiger partial charge in [0.25, 0.3) is 0 Å². The third kappa shape index (κ3) is 4.01. The van der Waals surface area contributed by atoms with Crippen molar-refractivity contribution in [2.75, 3.05) is 0 Å². The molecule has 126 valence electrons. The second-order valence-electron chi connectivity index (χ2n) is 6.07.